The first-order valence-corrected chi connectivity index (χ1v) is 6.07. The Balaban J connectivity index is 1.97. The molecule has 0 saturated carbocycles. The summed E-state index contributed by atoms with van der Waals surface area (Å²) in [6.07, 6.45) is 1.97. The number of carboxylic acid groups (broad SMARTS) is 1. The van der Waals surface area contributed by atoms with E-state index in [-0.39, 0.29) is 5.56 Å². The molecule has 1 aromatic heterocycles. The highest BCUT2D eigenvalue weighted by Crippen LogP contribution is 2.18. The predicted molar refractivity (Wildman–Crippen MR) is 65.0 cm³/mol. The fourth-order valence-electron chi connectivity index (χ4n) is 1.95. The molecule has 2 rings (SSSR count). The molecule has 1 saturated heterocycles. The number of carboxylic acids is 1. The number of aromatic carboxylic acids is 1. The summed E-state index contributed by atoms with van der Waals surface area (Å²) < 4.78 is 10.9. The minimum atomic E-state index is -0.962. The lowest BCUT2D eigenvalue weighted by Crippen LogP contribution is -2.21. The molecule has 1 N–H and O–H groups in total. The first-order chi connectivity index (χ1) is 8.65. The monoisotopic (exact) mass is 251 g/mol. The van der Waals surface area contributed by atoms with E-state index in [4.69, 9.17) is 14.6 Å². The molecule has 0 aliphatic carbocycles. The zero-order valence-electron chi connectivity index (χ0n) is 10.4. The zero-order valence-corrected chi connectivity index (χ0v) is 10.4. The Kier molecular flexibility index (Phi) is 4.15. The molecule has 1 aromatic rings. The number of hydrogen-bond acceptors (Lipinski definition) is 4. The lowest BCUT2D eigenvalue weighted by Gasteiger charge is -2.21. The molecule has 0 aromatic carbocycles. The van der Waals surface area contributed by atoms with E-state index in [0.717, 1.165) is 26.1 Å². The second-order valence-corrected chi connectivity index (χ2v) is 4.51. The van der Waals surface area contributed by atoms with Crippen molar-refractivity contribution in [2.45, 2.75) is 19.8 Å². The van der Waals surface area contributed by atoms with Gasteiger partial charge in [-0.2, -0.15) is 0 Å². The van der Waals surface area contributed by atoms with Gasteiger partial charge in [-0.05, 0) is 31.7 Å². The minimum Gasteiger partial charge on any atom is -0.478 e. The first-order valence-electron chi connectivity index (χ1n) is 6.07. The fourth-order valence-corrected chi connectivity index (χ4v) is 1.95. The highest BCUT2D eigenvalue weighted by atomic mass is 16.5. The first kappa shape index (κ1) is 12.8. The van der Waals surface area contributed by atoms with E-state index in [2.05, 4.69) is 4.98 Å². The third-order valence-electron chi connectivity index (χ3n) is 2.98. The van der Waals surface area contributed by atoms with Gasteiger partial charge >= 0.3 is 5.97 Å². The number of aryl methyl sites for hydroxylation is 1. The van der Waals surface area contributed by atoms with Gasteiger partial charge in [0.15, 0.2) is 0 Å². The summed E-state index contributed by atoms with van der Waals surface area (Å²) in [6, 6.07) is 3.00. The van der Waals surface area contributed by atoms with Crippen LogP contribution >= 0.6 is 0 Å². The fraction of sp³-hybridized carbons (Fsp3) is 0.538. The van der Waals surface area contributed by atoms with E-state index in [1.54, 1.807) is 6.92 Å². The van der Waals surface area contributed by atoms with Crippen LogP contribution in [0, 0.1) is 12.8 Å². The van der Waals surface area contributed by atoms with Gasteiger partial charge in [0.05, 0.1) is 12.2 Å². The Hall–Kier alpha value is -1.62. The van der Waals surface area contributed by atoms with E-state index in [1.807, 2.05) is 0 Å². The minimum absolute atomic E-state index is 0.212. The highest BCUT2D eigenvalue weighted by molar-refractivity contribution is 5.87. The molecule has 1 aliphatic rings. The normalized spacial score (nSPS) is 16.5. The zero-order chi connectivity index (χ0) is 13.0. The maximum atomic E-state index is 10.9. The molecule has 0 spiro atoms. The molecule has 1 aliphatic heterocycles. The number of aromatic nitrogens is 1. The van der Waals surface area contributed by atoms with E-state index >= 15 is 0 Å². The molecule has 2 heterocycles. The topological polar surface area (TPSA) is 68.7 Å². The van der Waals surface area contributed by atoms with Crippen LogP contribution in [0.15, 0.2) is 12.1 Å². The summed E-state index contributed by atoms with van der Waals surface area (Å²) in [5.74, 6) is -0.107. The quantitative estimate of drug-likeness (QED) is 0.885. The van der Waals surface area contributed by atoms with Crippen LogP contribution < -0.4 is 4.74 Å². The number of pyridine rings is 1. The van der Waals surface area contributed by atoms with Crippen LogP contribution in [0.2, 0.25) is 0 Å². The van der Waals surface area contributed by atoms with Crippen molar-refractivity contribution in [1.29, 1.82) is 0 Å². The Labute approximate surface area is 106 Å². The average Bonchev–Trinajstić information content (AvgIpc) is 2.37. The maximum absolute atomic E-state index is 10.9. The average molecular weight is 251 g/mol. The summed E-state index contributed by atoms with van der Waals surface area (Å²) >= 11 is 0. The van der Waals surface area contributed by atoms with Crippen molar-refractivity contribution in [2.24, 2.45) is 5.92 Å². The van der Waals surface area contributed by atoms with Gasteiger partial charge < -0.3 is 14.6 Å². The molecule has 0 atom stereocenters. The van der Waals surface area contributed by atoms with Crippen LogP contribution in [-0.2, 0) is 4.74 Å². The molecule has 0 unspecified atom stereocenters. The van der Waals surface area contributed by atoms with E-state index < -0.39 is 5.97 Å². The summed E-state index contributed by atoms with van der Waals surface area (Å²) in [5.41, 5.74) is 0.862. The van der Waals surface area contributed by atoms with Gasteiger partial charge in [0.2, 0.25) is 5.88 Å². The van der Waals surface area contributed by atoms with Gasteiger partial charge in [-0.1, -0.05) is 0 Å². The van der Waals surface area contributed by atoms with Gasteiger partial charge in [-0.15, -0.1) is 0 Å². The van der Waals surface area contributed by atoms with Crippen LogP contribution in [-0.4, -0.2) is 35.9 Å². The van der Waals surface area contributed by atoms with Crippen LogP contribution in [0.5, 0.6) is 5.88 Å². The third-order valence-corrected chi connectivity index (χ3v) is 2.98. The van der Waals surface area contributed by atoms with Crippen LogP contribution in [0.1, 0.15) is 28.9 Å². The van der Waals surface area contributed by atoms with Crippen LogP contribution in [0.3, 0.4) is 0 Å². The van der Waals surface area contributed by atoms with Crippen molar-refractivity contribution in [3.05, 3.63) is 23.4 Å². The van der Waals surface area contributed by atoms with Crippen molar-refractivity contribution in [1.82, 2.24) is 4.98 Å². The van der Waals surface area contributed by atoms with Crippen molar-refractivity contribution in [2.75, 3.05) is 19.8 Å². The molecule has 1 fully saturated rings. The smallest absolute Gasteiger partial charge is 0.335 e. The lowest BCUT2D eigenvalue weighted by molar-refractivity contribution is 0.0490. The number of rotatable bonds is 4. The second kappa shape index (κ2) is 5.82. The van der Waals surface area contributed by atoms with E-state index in [1.165, 1.54) is 12.1 Å². The van der Waals surface area contributed by atoms with Crippen LogP contribution in [0.25, 0.3) is 0 Å². The Morgan fingerprint density at radius 2 is 2.22 bits per heavy atom. The van der Waals surface area contributed by atoms with Crippen molar-refractivity contribution in [3.8, 4) is 5.88 Å². The number of hydrogen-bond donors (Lipinski definition) is 1. The van der Waals surface area contributed by atoms with Gasteiger partial charge in [0, 0.05) is 25.0 Å². The van der Waals surface area contributed by atoms with Crippen molar-refractivity contribution < 1.29 is 19.4 Å². The molecule has 0 amide bonds. The Morgan fingerprint density at radius 3 is 2.89 bits per heavy atom. The predicted octanol–water partition coefficient (Wildman–Crippen LogP) is 1.89. The molecule has 0 radical (unpaired) electrons. The largest absolute Gasteiger partial charge is 0.478 e. The number of ether oxygens (including phenoxy) is 2. The summed E-state index contributed by atoms with van der Waals surface area (Å²) in [6.45, 7) is 3.87. The van der Waals surface area contributed by atoms with Crippen molar-refractivity contribution in [3.63, 3.8) is 0 Å². The van der Waals surface area contributed by atoms with Gasteiger partial charge in [0.25, 0.3) is 0 Å². The van der Waals surface area contributed by atoms with E-state index in [0.29, 0.717) is 24.1 Å². The molecular weight excluding hydrogens is 234 g/mol. The molecule has 0 bridgehead atoms. The molecule has 98 valence electrons. The SMILES string of the molecule is Cc1cc(C(=O)O)cc(OCC2CCOCC2)n1. The van der Waals surface area contributed by atoms with Crippen LogP contribution in [0.4, 0.5) is 0 Å². The number of carbonyl (C=O) groups is 1. The van der Waals surface area contributed by atoms with Crippen molar-refractivity contribution >= 4 is 5.97 Å². The number of nitrogens with zero attached hydrogens (tertiary/aromatic N) is 1. The standard InChI is InChI=1S/C13H17NO4/c1-9-6-11(13(15)16)7-12(14-9)18-8-10-2-4-17-5-3-10/h6-7,10H,2-5,8H2,1H3,(H,15,16). The lowest BCUT2D eigenvalue weighted by atomic mass is 10.0. The molecule has 5 heteroatoms. The molecular formula is C13H17NO4. The summed E-state index contributed by atoms with van der Waals surface area (Å²) in [4.78, 5) is 15.1. The molecule has 18 heavy (non-hydrogen) atoms. The summed E-state index contributed by atoms with van der Waals surface area (Å²) in [5, 5.41) is 8.95. The van der Waals surface area contributed by atoms with Gasteiger partial charge in [0.1, 0.15) is 0 Å². The maximum Gasteiger partial charge on any atom is 0.335 e. The molecule has 5 nitrogen and oxygen atoms in total. The van der Waals surface area contributed by atoms with E-state index in [9.17, 15) is 4.79 Å². The third kappa shape index (κ3) is 3.43. The highest BCUT2D eigenvalue weighted by Gasteiger charge is 2.15. The van der Waals surface area contributed by atoms with Gasteiger partial charge in [-0.3, -0.25) is 0 Å². The Bertz CT molecular complexity index is 427. The Morgan fingerprint density at radius 1 is 1.50 bits per heavy atom. The summed E-state index contributed by atoms with van der Waals surface area (Å²) in [7, 11) is 0. The van der Waals surface area contributed by atoms with Gasteiger partial charge in [-0.25, -0.2) is 9.78 Å². The second-order valence-electron chi connectivity index (χ2n) is 4.51.